The van der Waals surface area contributed by atoms with Crippen molar-refractivity contribution in [2.75, 3.05) is 4.90 Å². The first kappa shape index (κ1) is 31.8. The van der Waals surface area contributed by atoms with Crippen LogP contribution in [-0.4, -0.2) is 0 Å². The molecule has 0 amide bonds. The second-order valence-electron chi connectivity index (χ2n) is 14.4. The van der Waals surface area contributed by atoms with Crippen molar-refractivity contribution in [3.63, 3.8) is 0 Å². The van der Waals surface area contributed by atoms with Crippen molar-refractivity contribution < 1.29 is 0 Å². The van der Waals surface area contributed by atoms with Crippen molar-refractivity contribution >= 4 is 59.3 Å². The quantitative estimate of drug-likeness (QED) is 0.166. The summed E-state index contributed by atoms with van der Waals surface area (Å²) in [6.45, 7) is 0. The Kier molecular flexibility index (Phi) is 7.33. The number of benzene rings is 9. The van der Waals surface area contributed by atoms with Crippen molar-refractivity contribution in [1.82, 2.24) is 0 Å². The molecule has 1 nitrogen and oxygen atoms in total. The predicted molar refractivity (Wildman–Crippen MR) is 234 cm³/mol. The molecule has 1 aliphatic rings. The Labute approximate surface area is 325 Å². The molecule has 1 aliphatic carbocycles. The third-order valence-corrected chi connectivity index (χ3v) is 12.7. The van der Waals surface area contributed by atoms with Crippen LogP contribution in [0.15, 0.2) is 212 Å². The topological polar surface area (TPSA) is 3.24 Å². The summed E-state index contributed by atoms with van der Waals surface area (Å²) in [5, 5.41) is 5.10. The fourth-order valence-corrected chi connectivity index (χ4v) is 10.4. The molecule has 0 fully saturated rings. The first-order chi connectivity index (χ1) is 27.3. The summed E-state index contributed by atoms with van der Waals surface area (Å²) in [7, 11) is 0. The Hall–Kier alpha value is -6.74. The van der Waals surface area contributed by atoms with Crippen molar-refractivity contribution in [1.29, 1.82) is 0 Å². The van der Waals surface area contributed by atoms with Gasteiger partial charge < -0.3 is 4.90 Å². The number of thiophene rings is 1. The molecule has 0 atom stereocenters. The molecular weight excluding hydrogens is 683 g/mol. The Bertz CT molecular complexity index is 3000. The second-order valence-corrected chi connectivity index (χ2v) is 15.5. The predicted octanol–water partition coefficient (Wildman–Crippen LogP) is 14.7. The highest BCUT2D eigenvalue weighted by Gasteiger charge is 2.47. The lowest BCUT2D eigenvalue weighted by Gasteiger charge is -2.34. The van der Waals surface area contributed by atoms with E-state index >= 15 is 0 Å². The summed E-state index contributed by atoms with van der Waals surface area (Å²) in [6.07, 6.45) is 0. The zero-order chi connectivity index (χ0) is 36.3. The van der Waals surface area contributed by atoms with E-state index in [0.717, 1.165) is 17.1 Å². The zero-order valence-electron chi connectivity index (χ0n) is 30.1. The minimum Gasteiger partial charge on any atom is -0.310 e. The molecule has 0 saturated heterocycles. The molecule has 9 aromatic carbocycles. The third-order valence-electron chi connectivity index (χ3n) is 11.5. The van der Waals surface area contributed by atoms with Crippen LogP contribution < -0.4 is 4.90 Å². The van der Waals surface area contributed by atoms with Crippen LogP contribution in [0.2, 0.25) is 0 Å². The summed E-state index contributed by atoms with van der Waals surface area (Å²) < 4.78 is 2.59. The number of nitrogens with zero attached hydrogens (tertiary/aromatic N) is 1. The molecule has 2 heteroatoms. The van der Waals surface area contributed by atoms with E-state index in [4.69, 9.17) is 0 Å². The zero-order valence-corrected chi connectivity index (χ0v) is 30.9. The van der Waals surface area contributed by atoms with Crippen molar-refractivity contribution in [3.8, 4) is 22.3 Å². The van der Waals surface area contributed by atoms with Crippen molar-refractivity contribution in [3.05, 3.63) is 235 Å². The van der Waals surface area contributed by atoms with E-state index in [-0.39, 0.29) is 0 Å². The maximum atomic E-state index is 2.50. The Morgan fingerprint density at radius 3 is 1.82 bits per heavy atom. The van der Waals surface area contributed by atoms with E-state index in [2.05, 4.69) is 217 Å². The number of rotatable bonds is 6. The van der Waals surface area contributed by atoms with Crippen molar-refractivity contribution in [2.45, 2.75) is 5.41 Å². The van der Waals surface area contributed by atoms with Gasteiger partial charge in [0.05, 0.1) is 11.1 Å². The highest BCUT2D eigenvalue weighted by Crippen LogP contribution is 2.59. The number of anilines is 3. The van der Waals surface area contributed by atoms with E-state index in [0.29, 0.717) is 0 Å². The van der Waals surface area contributed by atoms with Gasteiger partial charge in [-0.25, -0.2) is 0 Å². The second kappa shape index (κ2) is 12.7. The first-order valence-electron chi connectivity index (χ1n) is 18.9. The highest BCUT2D eigenvalue weighted by atomic mass is 32.1. The van der Waals surface area contributed by atoms with Crippen LogP contribution in [0.1, 0.15) is 22.3 Å². The van der Waals surface area contributed by atoms with Gasteiger partial charge in [0, 0.05) is 37.1 Å². The summed E-state index contributed by atoms with van der Waals surface area (Å²) in [4.78, 5) is 2.50. The van der Waals surface area contributed by atoms with Gasteiger partial charge >= 0.3 is 0 Å². The van der Waals surface area contributed by atoms with Gasteiger partial charge in [-0.15, -0.1) is 11.3 Å². The Morgan fingerprint density at radius 2 is 0.982 bits per heavy atom. The molecule has 1 aromatic heterocycles. The summed E-state index contributed by atoms with van der Waals surface area (Å²) in [5.41, 5.74) is 13.0. The van der Waals surface area contributed by atoms with E-state index in [1.54, 1.807) is 0 Å². The molecule has 0 radical (unpaired) electrons. The van der Waals surface area contributed by atoms with Gasteiger partial charge in [0.2, 0.25) is 0 Å². The molecule has 55 heavy (non-hydrogen) atoms. The van der Waals surface area contributed by atoms with Crippen LogP contribution in [0.4, 0.5) is 17.1 Å². The van der Waals surface area contributed by atoms with Gasteiger partial charge in [-0.05, 0) is 86.1 Å². The lowest BCUT2D eigenvalue weighted by molar-refractivity contribution is 0.768. The van der Waals surface area contributed by atoms with Gasteiger partial charge in [-0.1, -0.05) is 176 Å². The molecule has 0 aliphatic heterocycles. The van der Waals surface area contributed by atoms with Crippen LogP contribution in [0, 0.1) is 0 Å². The molecule has 258 valence electrons. The summed E-state index contributed by atoms with van der Waals surface area (Å²) in [5.74, 6) is 0. The first-order valence-corrected chi connectivity index (χ1v) is 19.7. The SMILES string of the molecule is c1ccc(C2(c3ccccc3)c3ccccc3-c3c(N(c4cccc(-c5cccc6ccccc56)c4)c4ccc5c(c4)sc4ccccc45)cccc32)cc1. The van der Waals surface area contributed by atoms with Crippen LogP contribution in [0.5, 0.6) is 0 Å². The van der Waals surface area contributed by atoms with Crippen LogP contribution >= 0.6 is 11.3 Å². The van der Waals surface area contributed by atoms with Crippen LogP contribution in [-0.2, 0) is 5.41 Å². The monoisotopic (exact) mass is 717 g/mol. The smallest absolute Gasteiger partial charge is 0.0714 e. The molecule has 11 rings (SSSR count). The number of hydrogen-bond donors (Lipinski definition) is 0. The van der Waals surface area contributed by atoms with E-state index in [1.165, 1.54) is 75.5 Å². The van der Waals surface area contributed by atoms with E-state index in [9.17, 15) is 0 Å². The Balaban J connectivity index is 1.21. The fraction of sp³-hybridized carbons (Fsp3) is 0.0189. The number of hydrogen-bond acceptors (Lipinski definition) is 2. The molecule has 10 aromatic rings. The van der Waals surface area contributed by atoms with Gasteiger partial charge in [0.15, 0.2) is 0 Å². The minimum absolute atomic E-state index is 0.490. The van der Waals surface area contributed by atoms with E-state index in [1.807, 2.05) is 11.3 Å². The van der Waals surface area contributed by atoms with Gasteiger partial charge in [0.1, 0.15) is 0 Å². The van der Waals surface area contributed by atoms with E-state index < -0.39 is 5.41 Å². The van der Waals surface area contributed by atoms with Crippen molar-refractivity contribution in [2.24, 2.45) is 0 Å². The molecule has 0 unspecified atom stereocenters. The molecule has 0 spiro atoms. The molecule has 1 heterocycles. The molecule has 0 N–H and O–H groups in total. The fourth-order valence-electron chi connectivity index (χ4n) is 9.23. The maximum absolute atomic E-state index is 2.50. The molecule has 0 bridgehead atoms. The molecule has 0 saturated carbocycles. The normalized spacial score (nSPS) is 12.9. The third kappa shape index (κ3) is 4.85. The van der Waals surface area contributed by atoms with Gasteiger partial charge in [-0.2, -0.15) is 0 Å². The van der Waals surface area contributed by atoms with Crippen LogP contribution in [0.3, 0.4) is 0 Å². The maximum Gasteiger partial charge on any atom is 0.0714 e. The lowest BCUT2D eigenvalue weighted by atomic mass is 9.68. The van der Waals surface area contributed by atoms with Crippen LogP contribution in [0.25, 0.3) is 53.2 Å². The largest absolute Gasteiger partial charge is 0.310 e. The lowest BCUT2D eigenvalue weighted by Crippen LogP contribution is -2.28. The Morgan fingerprint density at radius 1 is 0.382 bits per heavy atom. The summed E-state index contributed by atoms with van der Waals surface area (Å²) >= 11 is 1.87. The van der Waals surface area contributed by atoms with Gasteiger partial charge in [-0.3, -0.25) is 0 Å². The average Bonchev–Trinajstić information content (AvgIpc) is 3.78. The highest BCUT2D eigenvalue weighted by molar-refractivity contribution is 7.25. The standard InChI is InChI=1S/C53H35NS/c1-3-19-38(20-4-1)53(39-21-5-2-6-22-39)47-28-11-9-26-46(47)52-48(53)29-15-30-49(52)54(41-32-33-45-44-25-10-12-31-50(44)55-51(45)35-41)40-23-13-18-37(34-40)43-27-14-17-36-16-7-8-24-42(36)43/h1-35H. The number of fused-ring (bicyclic) bond motifs is 7. The minimum atomic E-state index is -0.490. The van der Waals surface area contributed by atoms with Gasteiger partial charge in [0.25, 0.3) is 0 Å². The summed E-state index contributed by atoms with van der Waals surface area (Å²) in [6, 6.07) is 78.4. The average molecular weight is 718 g/mol. The molecular formula is C53H35NS.